The van der Waals surface area contributed by atoms with E-state index in [9.17, 15) is 19.2 Å². The van der Waals surface area contributed by atoms with Crippen molar-refractivity contribution in [3.05, 3.63) is 45.0 Å². The Morgan fingerprint density at radius 1 is 1.39 bits per heavy atom. The van der Waals surface area contributed by atoms with Crippen LogP contribution in [-0.2, 0) is 27.4 Å². The van der Waals surface area contributed by atoms with E-state index in [1.165, 1.54) is 22.8 Å². The van der Waals surface area contributed by atoms with Crippen LogP contribution in [-0.4, -0.2) is 53.1 Å². The van der Waals surface area contributed by atoms with E-state index in [1.807, 2.05) is 6.92 Å². The van der Waals surface area contributed by atoms with Gasteiger partial charge in [-0.2, -0.15) is 0 Å². The number of carbonyl (C=O) groups excluding carboxylic acids is 2. The molecule has 31 heavy (non-hydrogen) atoms. The summed E-state index contributed by atoms with van der Waals surface area (Å²) in [4.78, 5) is 55.6. The van der Waals surface area contributed by atoms with Crippen LogP contribution in [0, 0.1) is 5.92 Å². The van der Waals surface area contributed by atoms with Crippen molar-refractivity contribution >= 4 is 23.3 Å². The number of H-pyrrole nitrogens is 1. The lowest BCUT2D eigenvalue weighted by Crippen LogP contribution is -2.45. The van der Waals surface area contributed by atoms with Gasteiger partial charge in [-0.05, 0) is 18.6 Å². The van der Waals surface area contributed by atoms with Gasteiger partial charge in [0.25, 0.3) is 5.56 Å². The maximum Gasteiger partial charge on any atom is 0.330 e. The van der Waals surface area contributed by atoms with E-state index in [0.29, 0.717) is 18.7 Å². The van der Waals surface area contributed by atoms with Crippen LogP contribution in [0.5, 0.6) is 0 Å². The Hall–Kier alpha value is -3.34. The van der Waals surface area contributed by atoms with Gasteiger partial charge in [0, 0.05) is 33.2 Å². The third kappa shape index (κ3) is 4.71. The molecule has 168 valence electrons. The normalized spacial score (nSPS) is 16.1. The second-order valence-electron chi connectivity index (χ2n) is 7.38. The summed E-state index contributed by atoms with van der Waals surface area (Å²) in [7, 11) is 1.47. The van der Waals surface area contributed by atoms with Gasteiger partial charge >= 0.3 is 5.69 Å². The number of nitrogens with one attached hydrogen (secondary N) is 1. The van der Waals surface area contributed by atoms with Gasteiger partial charge in [0.1, 0.15) is 11.6 Å². The van der Waals surface area contributed by atoms with E-state index < -0.39 is 23.1 Å². The molecule has 1 aliphatic heterocycles. The molecule has 0 spiro atoms. The molecule has 3 heterocycles. The average Bonchev–Trinajstić information content (AvgIpc) is 3.37. The van der Waals surface area contributed by atoms with Crippen molar-refractivity contribution in [3.8, 4) is 0 Å². The fourth-order valence-electron chi connectivity index (χ4n) is 3.70. The standard InChI is InChI=1S/C20H27N5O6/c1-3-6-25-17(21)16(18(27)22-20(25)29)24(7-9-30-2)19(28)13-10-15(26)23(11-13)12-14-5-4-8-31-14/h4-5,8,13H,3,6-7,9-12,21H2,1-2H3,(H,22,27,29). The number of aromatic nitrogens is 2. The fraction of sp³-hybridized carbons (Fsp3) is 0.500. The highest BCUT2D eigenvalue weighted by Gasteiger charge is 2.38. The molecule has 0 aromatic carbocycles. The first-order valence-corrected chi connectivity index (χ1v) is 10.1. The summed E-state index contributed by atoms with van der Waals surface area (Å²) in [5, 5.41) is 0. The van der Waals surface area contributed by atoms with E-state index in [-0.39, 0.29) is 50.1 Å². The number of anilines is 2. The smallest absolute Gasteiger partial charge is 0.330 e. The number of ether oxygens (including phenoxy) is 1. The molecule has 2 amide bonds. The molecule has 1 saturated heterocycles. The maximum atomic E-state index is 13.4. The first kappa shape index (κ1) is 22.3. The molecule has 1 atom stereocenters. The van der Waals surface area contributed by atoms with Gasteiger partial charge in [-0.3, -0.25) is 23.9 Å². The third-order valence-electron chi connectivity index (χ3n) is 5.21. The van der Waals surface area contributed by atoms with Gasteiger partial charge in [-0.15, -0.1) is 0 Å². The summed E-state index contributed by atoms with van der Waals surface area (Å²) in [6.45, 7) is 2.80. The fourth-order valence-corrected chi connectivity index (χ4v) is 3.70. The number of nitrogens with two attached hydrogens (primary N) is 1. The van der Waals surface area contributed by atoms with Crippen molar-refractivity contribution < 1.29 is 18.7 Å². The summed E-state index contributed by atoms with van der Waals surface area (Å²) in [6, 6.07) is 3.48. The van der Waals surface area contributed by atoms with Crippen LogP contribution in [0.15, 0.2) is 32.4 Å². The Morgan fingerprint density at radius 3 is 2.81 bits per heavy atom. The lowest BCUT2D eigenvalue weighted by Gasteiger charge is -2.26. The number of carbonyl (C=O) groups is 2. The lowest BCUT2D eigenvalue weighted by molar-refractivity contribution is -0.129. The number of nitrogens with zero attached hydrogens (tertiary/aromatic N) is 3. The highest BCUT2D eigenvalue weighted by molar-refractivity contribution is 6.00. The minimum atomic E-state index is -0.754. The number of rotatable bonds is 9. The van der Waals surface area contributed by atoms with Crippen molar-refractivity contribution in [1.82, 2.24) is 14.5 Å². The predicted molar refractivity (Wildman–Crippen MR) is 112 cm³/mol. The minimum Gasteiger partial charge on any atom is -0.467 e. The largest absolute Gasteiger partial charge is 0.467 e. The molecular formula is C20H27N5O6. The predicted octanol–water partition coefficient (Wildman–Crippen LogP) is 0.150. The molecule has 2 aromatic heterocycles. The quantitative estimate of drug-likeness (QED) is 0.573. The first-order chi connectivity index (χ1) is 14.9. The Labute approximate surface area is 178 Å². The van der Waals surface area contributed by atoms with Gasteiger partial charge in [-0.1, -0.05) is 6.92 Å². The number of hydrogen-bond acceptors (Lipinski definition) is 7. The SMILES string of the molecule is CCCn1c(N)c(N(CCOC)C(=O)C2CC(=O)N(Cc3ccco3)C2)c(=O)[nH]c1=O. The van der Waals surface area contributed by atoms with Crippen molar-refractivity contribution in [2.45, 2.75) is 32.9 Å². The number of methoxy groups -OCH3 is 1. The molecule has 11 nitrogen and oxygen atoms in total. The van der Waals surface area contributed by atoms with E-state index >= 15 is 0 Å². The van der Waals surface area contributed by atoms with Crippen molar-refractivity contribution in [3.63, 3.8) is 0 Å². The molecule has 2 aromatic rings. The Morgan fingerprint density at radius 2 is 2.16 bits per heavy atom. The summed E-state index contributed by atoms with van der Waals surface area (Å²) in [5.74, 6) is -0.739. The minimum absolute atomic E-state index is 0.00936. The highest BCUT2D eigenvalue weighted by Crippen LogP contribution is 2.26. The van der Waals surface area contributed by atoms with Crippen molar-refractivity contribution in [1.29, 1.82) is 0 Å². The number of amides is 2. The molecule has 0 aliphatic carbocycles. The molecule has 1 unspecified atom stereocenters. The molecule has 3 N–H and O–H groups in total. The highest BCUT2D eigenvalue weighted by atomic mass is 16.5. The topological polar surface area (TPSA) is 144 Å². The number of aromatic amines is 1. The number of likely N-dealkylation sites (tertiary alicyclic amines) is 1. The van der Waals surface area contributed by atoms with Crippen LogP contribution in [0.1, 0.15) is 25.5 Å². The first-order valence-electron chi connectivity index (χ1n) is 10.1. The van der Waals surface area contributed by atoms with Crippen LogP contribution in [0.3, 0.4) is 0 Å². The second kappa shape index (κ2) is 9.65. The number of furan rings is 1. The second-order valence-corrected chi connectivity index (χ2v) is 7.38. The summed E-state index contributed by atoms with van der Waals surface area (Å²) >= 11 is 0. The third-order valence-corrected chi connectivity index (χ3v) is 5.21. The Kier molecular flexibility index (Phi) is 6.95. The van der Waals surface area contributed by atoms with Gasteiger partial charge in [0.2, 0.25) is 11.8 Å². The van der Waals surface area contributed by atoms with Crippen LogP contribution < -0.4 is 21.9 Å². The molecule has 1 aliphatic rings. The molecule has 0 radical (unpaired) electrons. The zero-order valence-electron chi connectivity index (χ0n) is 17.6. The summed E-state index contributed by atoms with van der Waals surface area (Å²) < 4.78 is 11.6. The van der Waals surface area contributed by atoms with Crippen LogP contribution in [0.4, 0.5) is 11.5 Å². The van der Waals surface area contributed by atoms with Gasteiger partial charge in [0.05, 0.1) is 25.3 Å². The molecular weight excluding hydrogens is 406 g/mol. The van der Waals surface area contributed by atoms with Crippen molar-refractivity contribution in [2.75, 3.05) is 37.4 Å². The maximum absolute atomic E-state index is 13.4. The summed E-state index contributed by atoms with van der Waals surface area (Å²) in [5.41, 5.74) is 4.65. The van der Waals surface area contributed by atoms with E-state index in [1.54, 1.807) is 17.0 Å². The van der Waals surface area contributed by atoms with Crippen LogP contribution >= 0.6 is 0 Å². The monoisotopic (exact) mass is 433 g/mol. The zero-order chi connectivity index (χ0) is 22.5. The summed E-state index contributed by atoms with van der Waals surface area (Å²) in [6.07, 6.45) is 2.14. The van der Waals surface area contributed by atoms with Crippen LogP contribution in [0.25, 0.3) is 0 Å². The molecule has 3 rings (SSSR count). The van der Waals surface area contributed by atoms with Crippen molar-refractivity contribution in [2.24, 2.45) is 5.92 Å². The van der Waals surface area contributed by atoms with E-state index in [4.69, 9.17) is 14.9 Å². The van der Waals surface area contributed by atoms with Gasteiger partial charge in [0.15, 0.2) is 5.69 Å². The van der Waals surface area contributed by atoms with E-state index in [0.717, 1.165) is 0 Å². The number of hydrogen-bond donors (Lipinski definition) is 2. The van der Waals surface area contributed by atoms with E-state index in [2.05, 4.69) is 4.98 Å². The molecule has 0 saturated carbocycles. The Balaban J connectivity index is 1.90. The molecule has 0 bridgehead atoms. The van der Waals surface area contributed by atoms with Gasteiger partial charge in [-0.25, -0.2) is 4.79 Å². The molecule has 1 fully saturated rings. The lowest BCUT2D eigenvalue weighted by atomic mass is 10.1. The van der Waals surface area contributed by atoms with Crippen LogP contribution in [0.2, 0.25) is 0 Å². The molecule has 11 heteroatoms. The van der Waals surface area contributed by atoms with Gasteiger partial charge < -0.3 is 24.7 Å². The zero-order valence-corrected chi connectivity index (χ0v) is 17.6. The number of nitrogen functional groups attached to an aromatic ring is 1. The average molecular weight is 433 g/mol. The Bertz CT molecular complexity index is 1040.